The zero-order valence-electron chi connectivity index (χ0n) is 14.2. The summed E-state index contributed by atoms with van der Waals surface area (Å²) in [5, 5.41) is 7.93. The SMILES string of the molecule is Cc1cc(N(C)C)nc(N2CCN(Cc3nnc(C)o3)CC2)n1. The standard InChI is InChI=1S/C15H23N7O/c1-11-9-13(20(3)4)17-15(16-11)22-7-5-21(6-8-22)10-14-19-18-12(2)23-14/h9H,5-8,10H2,1-4H3. The van der Waals surface area contributed by atoms with Crippen LogP contribution in [0, 0.1) is 13.8 Å². The Kier molecular flexibility index (Phi) is 4.42. The molecule has 2 aromatic heterocycles. The van der Waals surface area contributed by atoms with E-state index >= 15 is 0 Å². The van der Waals surface area contributed by atoms with Crippen molar-refractivity contribution in [2.24, 2.45) is 0 Å². The first kappa shape index (κ1) is 15.7. The Morgan fingerprint density at radius 1 is 1.09 bits per heavy atom. The Bertz CT molecular complexity index is 662. The molecule has 1 aliphatic heterocycles. The van der Waals surface area contributed by atoms with Crippen LogP contribution < -0.4 is 9.80 Å². The molecule has 8 heteroatoms. The van der Waals surface area contributed by atoms with E-state index in [1.54, 1.807) is 0 Å². The number of rotatable bonds is 4. The fourth-order valence-electron chi connectivity index (χ4n) is 2.61. The zero-order chi connectivity index (χ0) is 16.4. The van der Waals surface area contributed by atoms with Crippen LogP contribution in [0.2, 0.25) is 0 Å². The van der Waals surface area contributed by atoms with Gasteiger partial charge in [0.15, 0.2) is 0 Å². The lowest BCUT2D eigenvalue weighted by Crippen LogP contribution is -2.46. The van der Waals surface area contributed by atoms with Crippen molar-refractivity contribution in [3.8, 4) is 0 Å². The number of aryl methyl sites for hydroxylation is 2. The first-order chi connectivity index (χ1) is 11.0. The van der Waals surface area contributed by atoms with Crippen LogP contribution >= 0.6 is 0 Å². The van der Waals surface area contributed by atoms with E-state index in [2.05, 4.69) is 30.0 Å². The molecule has 0 aliphatic carbocycles. The van der Waals surface area contributed by atoms with Crippen LogP contribution in [-0.4, -0.2) is 65.3 Å². The minimum absolute atomic E-state index is 0.614. The second-order valence-corrected chi connectivity index (χ2v) is 6.04. The molecule has 3 rings (SSSR count). The van der Waals surface area contributed by atoms with Gasteiger partial charge in [-0.25, -0.2) is 4.98 Å². The van der Waals surface area contributed by atoms with Crippen LogP contribution in [0.25, 0.3) is 0 Å². The van der Waals surface area contributed by atoms with Gasteiger partial charge in [-0.3, -0.25) is 4.90 Å². The van der Waals surface area contributed by atoms with Crippen molar-refractivity contribution in [2.45, 2.75) is 20.4 Å². The Labute approximate surface area is 136 Å². The van der Waals surface area contributed by atoms with Gasteiger partial charge in [0.25, 0.3) is 0 Å². The molecule has 0 amide bonds. The molecule has 0 N–H and O–H groups in total. The highest BCUT2D eigenvalue weighted by atomic mass is 16.4. The quantitative estimate of drug-likeness (QED) is 0.822. The summed E-state index contributed by atoms with van der Waals surface area (Å²) in [6, 6.07) is 2.00. The minimum Gasteiger partial charge on any atom is -0.424 e. The largest absolute Gasteiger partial charge is 0.424 e. The van der Waals surface area contributed by atoms with E-state index in [0.29, 0.717) is 18.3 Å². The summed E-state index contributed by atoms with van der Waals surface area (Å²) >= 11 is 0. The van der Waals surface area contributed by atoms with Gasteiger partial charge in [0.1, 0.15) is 5.82 Å². The molecule has 124 valence electrons. The molecular formula is C15H23N7O. The molecule has 2 aromatic rings. The first-order valence-corrected chi connectivity index (χ1v) is 7.80. The van der Waals surface area contributed by atoms with Crippen molar-refractivity contribution >= 4 is 11.8 Å². The Morgan fingerprint density at radius 3 is 2.43 bits per heavy atom. The second-order valence-electron chi connectivity index (χ2n) is 6.04. The third-order valence-corrected chi connectivity index (χ3v) is 3.87. The lowest BCUT2D eigenvalue weighted by atomic mass is 10.3. The Hall–Kier alpha value is -2.22. The van der Waals surface area contributed by atoms with Gasteiger partial charge in [0.2, 0.25) is 17.7 Å². The van der Waals surface area contributed by atoms with Crippen molar-refractivity contribution in [2.75, 3.05) is 50.1 Å². The van der Waals surface area contributed by atoms with E-state index < -0.39 is 0 Å². The van der Waals surface area contributed by atoms with Crippen molar-refractivity contribution in [1.29, 1.82) is 0 Å². The Morgan fingerprint density at radius 2 is 1.83 bits per heavy atom. The summed E-state index contributed by atoms with van der Waals surface area (Å²) in [5.74, 6) is 3.04. The van der Waals surface area contributed by atoms with Gasteiger partial charge in [0.05, 0.1) is 6.54 Å². The van der Waals surface area contributed by atoms with Gasteiger partial charge in [0, 0.05) is 59.0 Å². The van der Waals surface area contributed by atoms with Crippen LogP contribution in [-0.2, 0) is 6.54 Å². The van der Waals surface area contributed by atoms with E-state index in [1.807, 2.05) is 38.9 Å². The molecule has 0 radical (unpaired) electrons. The number of nitrogens with zero attached hydrogens (tertiary/aromatic N) is 7. The average Bonchev–Trinajstić information content (AvgIpc) is 2.92. The van der Waals surface area contributed by atoms with Crippen molar-refractivity contribution in [1.82, 2.24) is 25.1 Å². The van der Waals surface area contributed by atoms with Gasteiger partial charge in [-0.2, -0.15) is 4.98 Å². The lowest BCUT2D eigenvalue weighted by molar-refractivity contribution is 0.224. The molecule has 0 saturated carbocycles. The highest BCUT2D eigenvalue weighted by molar-refractivity contribution is 5.45. The molecule has 3 heterocycles. The summed E-state index contributed by atoms with van der Waals surface area (Å²) in [5.41, 5.74) is 0.988. The Balaban J connectivity index is 1.62. The monoisotopic (exact) mass is 317 g/mol. The molecule has 0 atom stereocenters. The van der Waals surface area contributed by atoms with Crippen molar-refractivity contribution in [3.63, 3.8) is 0 Å². The predicted molar refractivity (Wildman–Crippen MR) is 87.6 cm³/mol. The third kappa shape index (κ3) is 3.76. The van der Waals surface area contributed by atoms with Gasteiger partial charge in [-0.05, 0) is 6.92 Å². The maximum atomic E-state index is 5.45. The summed E-state index contributed by atoms with van der Waals surface area (Å²) in [4.78, 5) is 15.8. The van der Waals surface area contributed by atoms with Crippen LogP contribution in [0.3, 0.4) is 0 Å². The average molecular weight is 317 g/mol. The maximum Gasteiger partial charge on any atom is 0.230 e. The molecule has 0 bridgehead atoms. The zero-order valence-corrected chi connectivity index (χ0v) is 14.2. The molecule has 1 fully saturated rings. The van der Waals surface area contributed by atoms with Crippen molar-refractivity contribution in [3.05, 3.63) is 23.5 Å². The fourth-order valence-corrected chi connectivity index (χ4v) is 2.61. The van der Waals surface area contributed by atoms with Crippen LogP contribution in [0.15, 0.2) is 10.5 Å². The number of piperazine rings is 1. The predicted octanol–water partition coefficient (Wildman–Crippen LogP) is 0.865. The van der Waals surface area contributed by atoms with E-state index in [-0.39, 0.29) is 0 Å². The van der Waals surface area contributed by atoms with Crippen LogP contribution in [0.4, 0.5) is 11.8 Å². The fraction of sp³-hybridized carbons (Fsp3) is 0.600. The second kappa shape index (κ2) is 6.49. The van der Waals surface area contributed by atoms with E-state index in [4.69, 9.17) is 4.42 Å². The molecule has 1 saturated heterocycles. The smallest absolute Gasteiger partial charge is 0.230 e. The summed E-state index contributed by atoms with van der Waals surface area (Å²) in [7, 11) is 3.99. The third-order valence-electron chi connectivity index (χ3n) is 3.87. The summed E-state index contributed by atoms with van der Waals surface area (Å²) < 4.78 is 5.45. The normalized spacial score (nSPS) is 15.9. The topological polar surface area (TPSA) is 74.4 Å². The molecule has 0 aromatic carbocycles. The minimum atomic E-state index is 0.614. The van der Waals surface area contributed by atoms with Gasteiger partial charge in [-0.1, -0.05) is 0 Å². The maximum absolute atomic E-state index is 5.45. The molecular weight excluding hydrogens is 294 g/mol. The van der Waals surface area contributed by atoms with Gasteiger partial charge < -0.3 is 14.2 Å². The molecule has 8 nitrogen and oxygen atoms in total. The van der Waals surface area contributed by atoms with Gasteiger partial charge >= 0.3 is 0 Å². The van der Waals surface area contributed by atoms with Gasteiger partial charge in [-0.15, -0.1) is 10.2 Å². The molecule has 23 heavy (non-hydrogen) atoms. The first-order valence-electron chi connectivity index (χ1n) is 7.80. The van der Waals surface area contributed by atoms with Crippen molar-refractivity contribution < 1.29 is 4.42 Å². The highest BCUT2D eigenvalue weighted by Gasteiger charge is 2.21. The number of hydrogen-bond donors (Lipinski definition) is 0. The number of anilines is 2. The molecule has 0 spiro atoms. The van der Waals surface area contributed by atoms with E-state index in [0.717, 1.165) is 43.6 Å². The summed E-state index contributed by atoms with van der Waals surface area (Å²) in [6.07, 6.45) is 0. The van der Waals surface area contributed by atoms with Crippen LogP contribution in [0.5, 0.6) is 0 Å². The summed E-state index contributed by atoms with van der Waals surface area (Å²) in [6.45, 7) is 8.16. The van der Waals surface area contributed by atoms with E-state index in [1.165, 1.54) is 0 Å². The highest BCUT2D eigenvalue weighted by Crippen LogP contribution is 2.17. The molecule has 0 unspecified atom stereocenters. The number of aromatic nitrogens is 4. The van der Waals surface area contributed by atoms with E-state index in [9.17, 15) is 0 Å². The lowest BCUT2D eigenvalue weighted by Gasteiger charge is -2.34. The molecule has 1 aliphatic rings. The van der Waals surface area contributed by atoms with Crippen LogP contribution in [0.1, 0.15) is 17.5 Å². The number of hydrogen-bond acceptors (Lipinski definition) is 8.